The zero-order chi connectivity index (χ0) is 16.0. The summed E-state index contributed by atoms with van der Waals surface area (Å²) in [7, 11) is -3.55. The molecule has 0 amide bonds. The van der Waals surface area contributed by atoms with E-state index in [1.165, 1.54) is 12.1 Å². The van der Waals surface area contributed by atoms with Gasteiger partial charge in [0.25, 0.3) is 0 Å². The van der Waals surface area contributed by atoms with Gasteiger partial charge in [-0.25, -0.2) is 13.1 Å². The van der Waals surface area contributed by atoms with E-state index >= 15 is 0 Å². The molecule has 2 aromatic rings. The first-order valence-electron chi connectivity index (χ1n) is 6.71. The minimum Gasteiger partial charge on any atom is -0.508 e. The molecule has 2 aromatic carbocycles. The topological polar surface area (TPSA) is 78.4 Å². The summed E-state index contributed by atoms with van der Waals surface area (Å²) < 4.78 is 26.6. The fraction of sp³-hybridized carbons (Fsp3) is 0.200. The molecular formula is C15H17ClN2O3S. The summed E-state index contributed by atoms with van der Waals surface area (Å²) in [6, 6.07) is 13.0. The Hall–Kier alpha value is -1.60. The maximum Gasteiger partial charge on any atom is 0.240 e. The van der Waals surface area contributed by atoms with Crippen LogP contribution in [-0.2, 0) is 16.6 Å². The van der Waals surface area contributed by atoms with E-state index in [9.17, 15) is 13.5 Å². The molecule has 0 aliphatic rings. The lowest BCUT2D eigenvalue weighted by Gasteiger charge is -2.08. The lowest BCUT2D eigenvalue weighted by Crippen LogP contribution is -2.31. The highest BCUT2D eigenvalue weighted by molar-refractivity contribution is 7.89. The van der Waals surface area contributed by atoms with Crippen LogP contribution in [0.4, 0.5) is 0 Å². The third-order valence-corrected chi connectivity index (χ3v) is 4.63. The Labute approximate surface area is 135 Å². The number of rotatable bonds is 7. The van der Waals surface area contributed by atoms with E-state index in [0.29, 0.717) is 18.1 Å². The number of phenols is 1. The average molecular weight is 341 g/mol. The molecule has 0 bridgehead atoms. The molecule has 3 N–H and O–H groups in total. The second kappa shape index (κ2) is 7.60. The maximum atomic E-state index is 12.0. The Bertz CT molecular complexity index is 735. The largest absolute Gasteiger partial charge is 0.508 e. The summed E-state index contributed by atoms with van der Waals surface area (Å²) in [5, 5.41) is 12.8. The van der Waals surface area contributed by atoms with E-state index in [4.69, 9.17) is 11.6 Å². The minimum atomic E-state index is -3.55. The Kier molecular flexibility index (Phi) is 5.79. The van der Waals surface area contributed by atoms with Crippen LogP contribution in [0.2, 0.25) is 5.02 Å². The molecule has 0 radical (unpaired) electrons. The zero-order valence-corrected chi connectivity index (χ0v) is 13.4. The van der Waals surface area contributed by atoms with Crippen molar-refractivity contribution in [2.75, 3.05) is 13.1 Å². The van der Waals surface area contributed by atoms with Crippen LogP contribution in [0.5, 0.6) is 5.75 Å². The van der Waals surface area contributed by atoms with Gasteiger partial charge in [0.1, 0.15) is 5.75 Å². The highest BCUT2D eigenvalue weighted by Gasteiger charge is 2.13. The van der Waals surface area contributed by atoms with Crippen LogP contribution >= 0.6 is 11.6 Å². The van der Waals surface area contributed by atoms with Gasteiger partial charge in [-0.2, -0.15) is 0 Å². The van der Waals surface area contributed by atoms with Crippen LogP contribution in [0.15, 0.2) is 53.4 Å². The van der Waals surface area contributed by atoms with Crippen molar-refractivity contribution in [3.8, 4) is 5.75 Å². The first-order chi connectivity index (χ1) is 10.5. The van der Waals surface area contributed by atoms with Gasteiger partial charge in [-0.1, -0.05) is 29.8 Å². The fourth-order valence-electron chi connectivity index (χ4n) is 1.89. The molecule has 118 valence electrons. The number of hydrogen-bond donors (Lipinski definition) is 3. The summed E-state index contributed by atoms with van der Waals surface area (Å²) >= 11 is 5.79. The smallest absolute Gasteiger partial charge is 0.240 e. The van der Waals surface area contributed by atoms with Gasteiger partial charge in [0.2, 0.25) is 10.0 Å². The monoisotopic (exact) mass is 340 g/mol. The normalized spacial score (nSPS) is 11.5. The number of hydrogen-bond acceptors (Lipinski definition) is 4. The molecule has 22 heavy (non-hydrogen) atoms. The lowest BCUT2D eigenvalue weighted by atomic mass is 10.2. The summed E-state index contributed by atoms with van der Waals surface area (Å²) in [5.74, 6) is 0.209. The molecule has 7 heteroatoms. The van der Waals surface area contributed by atoms with Crippen LogP contribution in [0.1, 0.15) is 5.56 Å². The van der Waals surface area contributed by atoms with Crippen molar-refractivity contribution in [3.05, 3.63) is 59.1 Å². The molecule has 0 unspecified atom stereocenters. The maximum absolute atomic E-state index is 12.0. The van der Waals surface area contributed by atoms with Crippen molar-refractivity contribution in [1.29, 1.82) is 0 Å². The molecule has 0 saturated heterocycles. The van der Waals surface area contributed by atoms with Crippen LogP contribution in [0.25, 0.3) is 0 Å². The summed E-state index contributed by atoms with van der Waals surface area (Å²) in [4.78, 5) is 0.146. The van der Waals surface area contributed by atoms with E-state index in [1.807, 2.05) is 6.07 Å². The SMILES string of the molecule is O=S(=O)(NCCNCc1cccc(O)c1)c1cccc(Cl)c1. The van der Waals surface area contributed by atoms with E-state index in [1.54, 1.807) is 30.3 Å². The predicted molar refractivity (Wildman–Crippen MR) is 86.5 cm³/mol. The van der Waals surface area contributed by atoms with Crippen LogP contribution in [-0.4, -0.2) is 26.6 Å². The number of aromatic hydroxyl groups is 1. The number of nitrogens with one attached hydrogen (secondary N) is 2. The van der Waals surface area contributed by atoms with Gasteiger partial charge in [-0.15, -0.1) is 0 Å². The predicted octanol–water partition coefficient (Wildman–Crippen LogP) is 2.11. The van der Waals surface area contributed by atoms with Crippen LogP contribution < -0.4 is 10.0 Å². The number of benzene rings is 2. The Balaban J connectivity index is 1.79. The van der Waals surface area contributed by atoms with E-state index < -0.39 is 10.0 Å². The fourth-order valence-corrected chi connectivity index (χ4v) is 3.22. The van der Waals surface area contributed by atoms with E-state index in [2.05, 4.69) is 10.0 Å². The van der Waals surface area contributed by atoms with Gasteiger partial charge in [0, 0.05) is 24.7 Å². The number of sulfonamides is 1. The summed E-state index contributed by atoms with van der Waals surface area (Å²) in [6.07, 6.45) is 0. The van der Waals surface area contributed by atoms with Crippen molar-refractivity contribution in [1.82, 2.24) is 10.0 Å². The van der Waals surface area contributed by atoms with Crippen LogP contribution in [0, 0.1) is 0 Å². The molecule has 5 nitrogen and oxygen atoms in total. The molecule has 0 heterocycles. The van der Waals surface area contributed by atoms with Gasteiger partial charge < -0.3 is 10.4 Å². The molecule has 0 saturated carbocycles. The van der Waals surface area contributed by atoms with E-state index in [-0.39, 0.29) is 17.2 Å². The molecular weight excluding hydrogens is 324 g/mol. The Morgan fingerprint density at radius 1 is 1.05 bits per heavy atom. The average Bonchev–Trinajstić information content (AvgIpc) is 2.47. The molecule has 0 aliphatic heterocycles. The van der Waals surface area contributed by atoms with Gasteiger partial charge >= 0.3 is 0 Å². The van der Waals surface area contributed by atoms with Crippen molar-refractivity contribution in [2.24, 2.45) is 0 Å². The first kappa shape index (κ1) is 16.8. The Morgan fingerprint density at radius 3 is 2.55 bits per heavy atom. The highest BCUT2D eigenvalue weighted by Crippen LogP contribution is 2.15. The molecule has 0 atom stereocenters. The van der Waals surface area contributed by atoms with E-state index in [0.717, 1.165) is 5.56 Å². The van der Waals surface area contributed by atoms with Crippen molar-refractivity contribution < 1.29 is 13.5 Å². The molecule has 0 aromatic heterocycles. The molecule has 0 fully saturated rings. The first-order valence-corrected chi connectivity index (χ1v) is 8.57. The van der Waals surface area contributed by atoms with Crippen molar-refractivity contribution in [2.45, 2.75) is 11.4 Å². The van der Waals surface area contributed by atoms with Gasteiger partial charge in [0.05, 0.1) is 4.90 Å². The number of halogens is 1. The van der Waals surface area contributed by atoms with Crippen molar-refractivity contribution in [3.63, 3.8) is 0 Å². The third-order valence-electron chi connectivity index (χ3n) is 2.94. The second-order valence-electron chi connectivity index (χ2n) is 4.70. The van der Waals surface area contributed by atoms with Gasteiger partial charge in [-0.3, -0.25) is 0 Å². The van der Waals surface area contributed by atoms with Gasteiger partial charge in [0.15, 0.2) is 0 Å². The van der Waals surface area contributed by atoms with Crippen molar-refractivity contribution >= 4 is 21.6 Å². The Morgan fingerprint density at radius 2 is 1.82 bits per heavy atom. The second-order valence-corrected chi connectivity index (χ2v) is 6.91. The molecule has 0 aliphatic carbocycles. The molecule has 2 rings (SSSR count). The quantitative estimate of drug-likeness (QED) is 0.675. The standard InChI is InChI=1S/C15H17ClN2O3S/c16-13-4-2-6-15(10-13)22(20,21)18-8-7-17-11-12-3-1-5-14(19)9-12/h1-6,9-10,17-19H,7-8,11H2. The van der Waals surface area contributed by atoms with Gasteiger partial charge in [-0.05, 0) is 35.9 Å². The summed E-state index contributed by atoms with van der Waals surface area (Å²) in [6.45, 7) is 1.27. The zero-order valence-electron chi connectivity index (χ0n) is 11.8. The number of phenolic OH excluding ortho intramolecular Hbond substituents is 1. The minimum absolute atomic E-state index is 0.146. The third kappa shape index (κ3) is 4.99. The summed E-state index contributed by atoms with van der Waals surface area (Å²) in [5.41, 5.74) is 0.928. The lowest BCUT2D eigenvalue weighted by molar-refractivity contribution is 0.474. The highest BCUT2D eigenvalue weighted by atomic mass is 35.5. The molecule has 0 spiro atoms. The van der Waals surface area contributed by atoms with Crippen LogP contribution in [0.3, 0.4) is 0 Å².